The van der Waals surface area contributed by atoms with E-state index in [0.29, 0.717) is 19.0 Å². The van der Waals surface area contributed by atoms with Gasteiger partial charge in [-0.3, -0.25) is 10.1 Å². The summed E-state index contributed by atoms with van der Waals surface area (Å²) in [6.07, 6.45) is 0.812. The summed E-state index contributed by atoms with van der Waals surface area (Å²) < 4.78 is 5.42. The zero-order chi connectivity index (χ0) is 19.6. The van der Waals surface area contributed by atoms with Crippen LogP contribution < -0.4 is 15.4 Å². The van der Waals surface area contributed by atoms with Gasteiger partial charge in [-0.15, -0.1) is 0 Å². The molecule has 0 amide bonds. The largest absolute Gasteiger partial charge is 0.496 e. The van der Waals surface area contributed by atoms with Gasteiger partial charge in [0.05, 0.1) is 18.6 Å². The van der Waals surface area contributed by atoms with Gasteiger partial charge in [-0.2, -0.15) is 0 Å². The van der Waals surface area contributed by atoms with Crippen molar-refractivity contribution in [3.05, 3.63) is 69.3 Å². The normalized spacial score (nSPS) is 11.1. The maximum atomic E-state index is 10.7. The fourth-order valence-corrected chi connectivity index (χ4v) is 2.65. The Balaban J connectivity index is 1.95. The average molecular weight is 370 g/mol. The summed E-state index contributed by atoms with van der Waals surface area (Å²) in [4.78, 5) is 14.9. The first-order valence-corrected chi connectivity index (χ1v) is 8.92. The van der Waals surface area contributed by atoms with Gasteiger partial charge in [-0.1, -0.05) is 29.8 Å². The molecule has 0 unspecified atom stereocenters. The summed E-state index contributed by atoms with van der Waals surface area (Å²) in [6.45, 7) is 5.98. The van der Waals surface area contributed by atoms with Crippen LogP contribution in [0.1, 0.15) is 23.6 Å². The van der Waals surface area contributed by atoms with Gasteiger partial charge < -0.3 is 15.4 Å². The van der Waals surface area contributed by atoms with Crippen LogP contribution in [-0.4, -0.2) is 31.1 Å². The van der Waals surface area contributed by atoms with Crippen LogP contribution in [0.2, 0.25) is 0 Å². The second kappa shape index (κ2) is 10.2. The maximum Gasteiger partial charge on any atom is 0.269 e. The molecule has 0 aliphatic carbocycles. The summed E-state index contributed by atoms with van der Waals surface area (Å²) in [5.74, 6) is 1.60. The maximum absolute atomic E-state index is 10.7. The standard InChI is InChI=1S/C20H26N4O3/c1-4-21-20(23-14-16-6-8-18(9-7-16)24(25)26)22-12-11-17-13-15(2)5-10-19(17)27-3/h5-10,13H,4,11-12,14H2,1-3H3,(H2,21,22,23). The highest BCUT2D eigenvalue weighted by Crippen LogP contribution is 2.19. The number of non-ortho nitro benzene ring substituents is 1. The smallest absolute Gasteiger partial charge is 0.269 e. The molecule has 0 aliphatic rings. The van der Waals surface area contributed by atoms with Crippen molar-refractivity contribution in [2.45, 2.75) is 26.8 Å². The van der Waals surface area contributed by atoms with Gasteiger partial charge in [0.25, 0.3) is 5.69 Å². The zero-order valence-corrected chi connectivity index (χ0v) is 16.0. The molecule has 0 fully saturated rings. The van der Waals surface area contributed by atoms with E-state index < -0.39 is 4.92 Å². The van der Waals surface area contributed by atoms with Crippen molar-refractivity contribution in [2.75, 3.05) is 20.2 Å². The molecular formula is C20H26N4O3. The van der Waals surface area contributed by atoms with E-state index in [0.717, 1.165) is 29.8 Å². The molecule has 2 aromatic carbocycles. The molecule has 7 nitrogen and oxygen atoms in total. The van der Waals surface area contributed by atoms with Crippen LogP contribution in [0.5, 0.6) is 5.75 Å². The summed E-state index contributed by atoms with van der Waals surface area (Å²) in [5.41, 5.74) is 3.35. The van der Waals surface area contributed by atoms with E-state index in [1.54, 1.807) is 19.2 Å². The minimum atomic E-state index is -0.405. The number of nitro groups is 1. The van der Waals surface area contributed by atoms with Gasteiger partial charge >= 0.3 is 0 Å². The first-order valence-electron chi connectivity index (χ1n) is 8.92. The average Bonchev–Trinajstić information content (AvgIpc) is 2.66. The van der Waals surface area contributed by atoms with E-state index in [9.17, 15) is 10.1 Å². The number of ether oxygens (including phenoxy) is 1. The van der Waals surface area contributed by atoms with E-state index in [1.165, 1.54) is 17.7 Å². The van der Waals surface area contributed by atoms with E-state index in [1.807, 2.05) is 19.1 Å². The van der Waals surface area contributed by atoms with Crippen LogP contribution in [0.15, 0.2) is 47.5 Å². The third-order valence-electron chi connectivity index (χ3n) is 4.03. The highest BCUT2D eigenvalue weighted by atomic mass is 16.6. The zero-order valence-electron chi connectivity index (χ0n) is 16.0. The van der Waals surface area contributed by atoms with Gasteiger partial charge in [0.1, 0.15) is 5.75 Å². The summed E-state index contributed by atoms with van der Waals surface area (Å²) >= 11 is 0. The lowest BCUT2D eigenvalue weighted by Gasteiger charge is -2.13. The number of aryl methyl sites for hydroxylation is 1. The van der Waals surface area contributed by atoms with E-state index >= 15 is 0 Å². The van der Waals surface area contributed by atoms with Crippen molar-refractivity contribution >= 4 is 11.6 Å². The number of hydrogen-bond acceptors (Lipinski definition) is 4. The Morgan fingerprint density at radius 2 is 1.93 bits per heavy atom. The number of guanidine groups is 1. The molecule has 0 radical (unpaired) electrons. The predicted molar refractivity (Wildman–Crippen MR) is 107 cm³/mol. The van der Waals surface area contributed by atoms with E-state index in [4.69, 9.17) is 4.74 Å². The Labute approximate surface area is 159 Å². The molecule has 0 aromatic heterocycles. The number of nitrogens with zero attached hydrogens (tertiary/aromatic N) is 2. The van der Waals surface area contributed by atoms with Crippen LogP contribution in [0.25, 0.3) is 0 Å². The molecule has 0 saturated heterocycles. The Bertz CT molecular complexity index is 788. The highest BCUT2D eigenvalue weighted by Gasteiger charge is 2.05. The van der Waals surface area contributed by atoms with Gasteiger partial charge in [-0.05, 0) is 37.5 Å². The van der Waals surface area contributed by atoms with Crippen LogP contribution in [0.4, 0.5) is 5.69 Å². The lowest BCUT2D eigenvalue weighted by molar-refractivity contribution is -0.384. The highest BCUT2D eigenvalue weighted by molar-refractivity contribution is 5.79. The summed E-state index contributed by atoms with van der Waals surface area (Å²) in [7, 11) is 1.68. The number of hydrogen-bond donors (Lipinski definition) is 2. The minimum absolute atomic E-state index is 0.0832. The molecule has 0 bridgehead atoms. The second-order valence-corrected chi connectivity index (χ2v) is 6.11. The Morgan fingerprint density at radius 1 is 1.19 bits per heavy atom. The van der Waals surface area contributed by atoms with Crippen molar-refractivity contribution in [3.63, 3.8) is 0 Å². The van der Waals surface area contributed by atoms with Crippen LogP contribution in [0, 0.1) is 17.0 Å². The van der Waals surface area contributed by atoms with Crippen molar-refractivity contribution in [1.82, 2.24) is 10.6 Å². The summed E-state index contributed by atoms with van der Waals surface area (Å²) in [6, 6.07) is 12.6. The van der Waals surface area contributed by atoms with Crippen LogP contribution in [0.3, 0.4) is 0 Å². The first kappa shape index (κ1) is 20.2. The SMILES string of the molecule is CCNC(=NCc1ccc([N+](=O)[O-])cc1)NCCc1cc(C)ccc1OC. The Kier molecular flexibility index (Phi) is 7.61. The fraction of sp³-hybridized carbons (Fsp3) is 0.350. The van der Waals surface area contributed by atoms with Gasteiger partial charge in [0, 0.05) is 25.2 Å². The Hall–Kier alpha value is -3.09. The third-order valence-corrected chi connectivity index (χ3v) is 4.03. The second-order valence-electron chi connectivity index (χ2n) is 6.11. The quantitative estimate of drug-likeness (QED) is 0.322. The van der Waals surface area contributed by atoms with Crippen LogP contribution in [-0.2, 0) is 13.0 Å². The molecule has 0 atom stereocenters. The molecular weight excluding hydrogens is 344 g/mol. The van der Waals surface area contributed by atoms with Crippen molar-refractivity contribution in [2.24, 2.45) is 4.99 Å². The Morgan fingerprint density at radius 3 is 2.56 bits per heavy atom. The van der Waals surface area contributed by atoms with E-state index in [-0.39, 0.29) is 5.69 Å². The number of methoxy groups -OCH3 is 1. The molecule has 2 aromatic rings. The first-order chi connectivity index (χ1) is 13.0. The van der Waals surface area contributed by atoms with E-state index in [2.05, 4.69) is 28.6 Å². The van der Waals surface area contributed by atoms with Gasteiger partial charge in [-0.25, -0.2) is 4.99 Å². The number of benzene rings is 2. The monoisotopic (exact) mass is 370 g/mol. The molecule has 0 heterocycles. The van der Waals surface area contributed by atoms with Crippen molar-refractivity contribution in [1.29, 1.82) is 0 Å². The van der Waals surface area contributed by atoms with Crippen molar-refractivity contribution in [3.8, 4) is 5.75 Å². The van der Waals surface area contributed by atoms with Gasteiger partial charge in [0.2, 0.25) is 0 Å². The predicted octanol–water partition coefficient (Wildman–Crippen LogP) is 3.21. The molecule has 27 heavy (non-hydrogen) atoms. The van der Waals surface area contributed by atoms with Crippen LogP contribution >= 0.6 is 0 Å². The number of aliphatic imine (C=N–C) groups is 1. The minimum Gasteiger partial charge on any atom is -0.496 e. The lowest BCUT2D eigenvalue weighted by Crippen LogP contribution is -2.38. The third kappa shape index (κ3) is 6.29. The van der Waals surface area contributed by atoms with Crippen molar-refractivity contribution < 1.29 is 9.66 Å². The number of rotatable bonds is 8. The molecule has 0 spiro atoms. The molecule has 2 rings (SSSR count). The van der Waals surface area contributed by atoms with Gasteiger partial charge in [0.15, 0.2) is 5.96 Å². The number of nitro benzene ring substituents is 1. The fourth-order valence-electron chi connectivity index (χ4n) is 2.65. The molecule has 2 N–H and O–H groups in total. The molecule has 0 aliphatic heterocycles. The molecule has 144 valence electrons. The molecule has 0 saturated carbocycles. The molecule has 7 heteroatoms. The topological polar surface area (TPSA) is 88.8 Å². The lowest BCUT2D eigenvalue weighted by atomic mass is 10.1. The summed E-state index contributed by atoms with van der Waals surface area (Å²) in [5, 5.41) is 17.2. The number of nitrogens with one attached hydrogen (secondary N) is 2.